The summed E-state index contributed by atoms with van der Waals surface area (Å²) in [4.78, 5) is 0. The molecule has 0 unspecified atom stereocenters. The van der Waals surface area contributed by atoms with Crippen LogP contribution in [0.15, 0.2) is 0 Å². The highest BCUT2D eigenvalue weighted by atomic mass is 16.3. The summed E-state index contributed by atoms with van der Waals surface area (Å²) < 4.78 is 0. The number of aliphatic hydroxyl groups is 2. The molecule has 2 N–H and O–H groups in total. The Hall–Kier alpha value is -0.0800. The Labute approximate surface area is 92.7 Å². The Morgan fingerprint density at radius 2 is 1.53 bits per heavy atom. The Morgan fingerprint density at radius 1 is 0.867 bits per heavy atom. The second-order valence-electron chi connectivity index (χ2n) is 5.55. The van der Waals surface area contributed by atoms with Crippen molar-refractivity contribution in [3.05, 3.63) is 0 Å². The summed E-state index contributed by atoms with van der Waals surface area (Å²) in [5.41, 5.74) is -0.231. The Morgan fingerprint density at radius 3 is 2.33 bits per heavy atom. The first kappa shape index (κ1) is 11.4. The summed E-state index contributed by atoms with van der Waals surface area (Å²) in [6, 6.07) is 0. The van der Waals surface area contributed by atoms with Crippen molar-refractivity contribution in [3.8, 4) is 0 Å². The average molecular weight is 212 g/mol. The highest BCUT2D eigenvalue weighted by molar-refractivity contribution is 5.04. The van der Waals surface area contributed by atoms with Crippen LogP contribution in [0.5, 0.6) is 0 Å². The maximum Gasteiger partial charge on any atom is 0.0703 e. The van der Waals surface area contributed by atoms with Gasteiger partial charge < -0.3 is 10.2 Å². The van der Waals surface area contributed by atoms with E-state index in [9.17, 15) is 5.11 Å². The smallest absolute Gasteiger partial charge is 0.0703 e. The predicted molar refractivity (Wildman–Crippen MR) is 60.6 cm³/mol. The molecule has 0 amide bonds. The number of fused-ring (bicyclic) bond motifs is 1. The Balaban J connectivity index is 2.14. The van der Waals surface area contributed by atoms with E-state index in [0.717, 1.165) is 25.7 Å². The van der Waals surface area contributed by atoms with E-state index >= 15 is 0 Å². The quantitative estimate of drug-likeness (QED) is 0.755. The third kappa shape index (κ3) is 1.94. The third-order valence-corrected chi connectivity index (χ3v) is 4.79. The van der Waals surface area contributed by atoms with Crippen LogP contribution >= 0.6 is 0 Å². The molecule has 0 saturated heterocycles. The zero-order valence-electron chi connectivity index (χ0n) is 9.67. The van der Waals surface area contributed by atoms with Crippen LogP contribution < -0.4 is 0 Å². The molecule has 2 rings (SSSR count). The Kier molecular flexibility index (Phi) is 3.36. The summed E-state index contributed by atoms with van der Waals surface area (Å²) in [6.07, 6.45) is 11.2. The van der Waals surface area contributed by atoms with E-state index < -0.39 is 5.60 Å². The molecular formula is C13H24O2. The molecule has 0 spiro atoms. The van der Waals surface area contributed by atoms with Crippen LogP contribution in [0.25, 0.3) is 0 Å². The summed E-state index contributed by atoms with van der Waals surface area (Å²) in [5.74, 6) is 0. The largest absolute Gasteiger partial charge is 0.396 e. The Bertz CT molecular complexity index is 217. The maximum atomic E-state index is 10.8. The molecule has 2 saturated carbocycles. The molecule has 0 radical (unpaired) electrons. The normalized spacial score (nSPS) is 41.2. The first-order valence-electron chi connectivity index (χ1n) is 6.56. The topological polar surface area (TPSA) is 40.5 Å². The summed E-state index contributed by atoms with van der Waals surface area (Å²) in [5, 5.41) is 19.8. The van der Waals surface area contributed by atoms with Gasteiger partial charge in [0.2, 0.25) is 0 Å². The lowest BCUT2D eigenvalue weighted by Gasteiger charge is -2.41. The molecule has 88 valence electrons. The van der Waals surface area contributed by atoms with Gasteiger partial charge in [-0.15, -0.1) is 0 Å². The van der Waals surface area contributed by atoms with Crippen molar-refractivity contribution in [1.82, 2.24) is 0 Å². The molecule has 0 aromatic rings. The van der Waals surface area contributed by atoms with Crippen molar-refractivity contribution in [2.24, 2.45) is 5.41 Å². The van der Waals surface area contributed by atoms with Gasteiger partial charge in [0, 0.05) is 6.61 Å². The monoisotopic (exact) mass is 212 g/mol. The summed E-state index contributed by atoms with van der Waals surface area (Å²) in [7, 11) is 0. The van der Waals surface area contributed by atoms with Gasteiger partial charge in [0.05, 0.1) is 5.60 Å². The summed E-state index contributed by atoms with van der Waals surface area (Å²) in [6.45, 7) is 0.276. The van der Waals surface area contributed by atoms with E-state index in [0.29, 0.717) is 0 Å². The molecular weight excluding hydrogens is 188 g/mol. The highest BCUT2D eigenvalue weighted by Gasteiger charge is 2.52. The molecule has 2 fully saturated rings. The number of aliphatic hydroxyl groups excluding tert-OH is 1. The predicted octanol–water partition coefficient (Wildman–Crippen LogP) is 2.62. The molecule has 2 aliphatic rings. The van der Waals surface area contributed by atoms with Crippen LogP contribution in [0.3, 0.4) is 0 Å². The van der Waals surface area contributed by atoms with E-state index in [2.05, 4.69) is 0 Å². The molecule has 0 aromatic carbocycles. The lowest BCUT2D eigenvalue weighted by molar-refractivity contribution is -0.0737. The van der Waals surface area contributed by atoms with Gasteiger partial charge in [-0.1, -0.05) is 19.3 Å². The van der Waals surface area contributed by atoms with Crippen molar-refractivity contribution in [2.45, 2.75) is 69.8 Å². The van der Waals surface area contributed by atoms with Gasteiger partial charge in [-0.05, 0) is 50.4 Å². The fourth-order valence-corrected chi connectivity index (χ4v) is 3.92. The fraction of sp³-hybridized carbons (Fsp3) is 1.00. The van der Waals surface area contributed by atoms with Crippen molar-refractivity contribution in [3.63, 3.8) is 0 Å². The molecule has 2 nitrogen and oxygen atoms in total. The lowest BCUT2D eigenvalue weighted by Crippen LogP contribution is -2.43. The second-order valence-corrected chi connectivity index (χ2v) is 5.55. The van der Waals surface area contributed by atoms with Gasteiger partial charge in [0.1, 0.15) is 0 Å². The first-order chi connectivity index (χ1) is 7.22. The fourth-order valence-electron chi connectivity index (χ4n) is 3.92. The molecule has 15 heavy (non-hydrogen) atoms. The maximum absolute atomic E-state index is 10.8. The average Bonchev–Trinajstić information content (AvgIpc) is 2.45. The van der Waals surface area contributed by atoms with Gasteiger partial charge >= 0.3 is 0 Å². The van der Waals surface area contributed by atoms with Crippen LogP contribution in [0.2, 0.25) is 0 Å². The van der Waals surface area contributed by atoms with E-state index in [-0.39, 0.29) is 12.0 Å². The molecule has 2 heteroatoms. The van der Waals surface area contributed by atoms with Crippen LogP contribution in [-0.2, 0) is 0 Å². The molecule has 0 aliphatic heterocycles. The van der Waals surface area contributed by atoms with E-state index in [1.165, 1.54) is 38.5 Å². The standard InChI is InChI=1S/C13H24O2/c14-11-5-8-12-6-2-1-3-9-13(12,15)10-4-7-12/h14-15H,1-11H2/t12-,13-/m0/s1. The van der Waals surface area contributed by atoms with E-state index in [4.69, 9.17) is 5.11 Å². The first-order valence-corrected chi connectivity index (χ1v) is 6.56. The van der Waals surface area contributed by atoms with Gasteiger partial charge in [0.25, 0.3) is 0 Å². The zero-order chi connectivity index (χ0) is 10.8. The lowest BCUT2D eigenvalue weighted by atomic mass is 9.68. The van der Waals surface area contributed by atoms with Gasteiger partial charge in [-0.3, -0.25) is 0 Å². The summed E-state index contributed by atoms with van der Waals surface area (Å²) >= 11 is 0. The minimum Gasteiger partial charge on any atom is -0.396 e. The molecule has 0 aromatic heterocycles. The van der Waals surface area contributed by atoms with Crippen molar-refractivity contribution >= 4 is 0 Å². The zero-order valence-corrected chi connectivity index (χ0v) is 9.67. The van der Waals surface area contributed by atoms with E-state index in [1.54, 1.807) is 0 Å². The molecule has 2 atom stereocenters. The van der Waals surface area contributed by atoms with Crippen LogP contribution in [0, 0.1) is 5.41 Å². The SMILES string of the molecule is OCCC[C@@]12CCCCC[C@]1(O)CCC2. The van der Waals surface area contributed by atoms with E-state index in [1.807, 2.05) is 0 Å². The minimum atomic E-state index is -0.390. The van der Waals surface area contributed by atoms with Crippen molar-refractivity contribution < 1.29 is 10.2 Å². The van der Waals surface area contributed by atoms with Crippen molar-refractivity contribution in [2.75, 3.05) is 6.61 Å². The molecule has 2 aliphatic carbocycles. The van der Waals surface area contributed by atoms with Crippen molar-refractivity contribution in [1.29, 1.82) is 0 Å². The van der Waals surface area contributed by atoms with Gasteiger partial charge in [-0.25, -0.2) is 0 Å². The van der Waals surface area contributed by atoms with Crippen LogP contribution in [0.4, 0.5) is 0 Å². The third-order valence-electron chi connectivity index (χ3n) is 4.79. The number of hydrogen-bond acceptors (Lipinski definition) is 2. The highest BCUT2D eigenvalue weighted by Crippen LogP contribution is 2.56. The number of rotatable bonds is 3. The van der Waals surface area contributed by atoms with Gasteiger partial charge in [-0.2, -0.15) is 0 Å². The van der Waals surface area contributed by atoms with Crippen LogP contribution in [-0.4, -0.2) is 22.4 Å². The molecule has 0 heterocycles. The van der Waals surface area contributed by atoms with Gasteiger partial charge in [0.15, 0.2) is 0 Å². The minimum absolute atomic E-state index is 0.159. The second kappa shape index (κ2) is 4.42. The van der Waals surface area contributed by atoms with Crippen LogP contribution in [0.1, 0.15) is 64.2 Å². The number of hydrogen-bond donors (Lipinski definition) is 2. The molecule has 0 bridgehead atoms.